The van der Waals surface area contributed by atoms with E-state index >= 15 is 8.78 Å². The minimum absolute atomic E-state index is 0.0234. The van der Waals surface area contributed by atoms with Crippen molar-refractivity contribution in [2.24, 2.45) is 18.9 Å². The number of amides is 2. The fourth-order valence-electron chi connectivity index (χ4n) is 11.8. The quantitative estimate of drug-likeness (QED) is 0.0517. The van der Waals surface area contributed by atoms with E-state index in [9.17, 15) is 22.8 Å². The van der Waals surface area contributed by atoms with Gasteiger partial charge in [0.2, 0.25) is 11.6 Å². The summed E-state index contributed by atoms with van der Waals surface area (Å²) in [5.41, 5.74) is 2.02. The summed E-state index contributed by atoms with van der Waals surface area (Å²) in [5, 5.41) is 27.0. The van der Waals surface area contributed by atoms with E-state index in [2.05, 4.69) is 56.6 Å². The fourth-order valence-corrected chi connectivity index (χ4v) is 11.8. The van der Waals surface area contributed by atoms with Gasteiger partial charge in [-0.15, -0.1) is 4.68 Å². The molecule has 8 aliphatic carbocycles. The lowest BCUT2D eigenvalue weighted by Crippen LogP contribution is -2.68. The molecule has 7 aromatic rings. The van der Waals surface area contributed by atoms with Crippen molar-refractivity contribution >= 4 is 47.0 Å². The van der Waals surface area contributed by atoms with Gasteiger partial charge in [0.25, 0.3) is 0 Å². The third-order valence-electron chi connectivity index (χ3n) is 15.5. The van der Waals surface area contributed by atoms with Crippen molar-refractivity contribution in [2.45, 2.75) is 124 Å². The van der Waals surface area contributed by atoms with Gasteiger partial charge >= 0.3 is 30.1 Å². The fraction of sp³-hybridized carbons (Fsp3) is 0.500. The van der Waals surface area contributed by atoms with E-state index in [0.29, 0.717) is 59.4 Å². The Morgan fingerprint density at radius 2 is 1.49 bits per heavy atom. The molecule has 4 bridgehead atoms. The number of imidazole rings is 2. The van der Waals surface area contributed by atoms with Gasteiger partial charge in [-0.3, -0.25) is 14.2 Å². The van der Waals surface area contributed by atoms with E-state index in [0.717, 1.165) is 38.5 Å². The molecule has 8 fully saturated rings. The number of aryl methyl sites for hydroxylation is 1. The second-order valence-electron chi connectivity index (χ2n) is 20.5. The first kappa shape index (κ1) is 43.7. The predicted molar refractivity (Wildman–Crippen MR) is 240 cm³/mol. The van der Waals surface area contributed by atoms with Gasteiger partial charge in [-0.25, -0.2) is 48.1 Å². The largest absolute Gasteiger partial charge is 0.443 e. The highest BCUT2D eigenvalue weighted by Crippen LogP contribution is 2.58. The third-order valence-corrected chi connectivity index (χ3v) is 15.5. The number of alkyl halides is 5. The molecule has 0 aromatic carbocycles. The molecular formula is C46H48F5N16O4+. The Morgan fingerprint density at radius 3 is 2.11 bits per heavy atom. The lowest BCUT2D eigenvalue weighted by molar-refractivity contribution is -0.640. The number of carbonyl (C=O) groups is 2. The minimum Gasteiger partial charge on any atom is -0.443 e. The van der Waals surface area contributed by atoms with Crippen LogP contribution in [-0.4, -0.2) is 108 Å². The summed E-state index contributed by atoms with van der Waals surface area (Å²) >= 11 is 0. The van der Waals surface area contributed by atoms with Gasteiger partial charge < -0.3 is 25.4 Å². The number of carbonyl (C=O) groups excluding carboxylic acids is 2. The maximum atomic E-state index is 16.6. The van der Waals surface area contributed by atoms with Crippen LogP contribution < -0.4 is 25.9 Å². The number of nitrogens with one attached hydrogen (secondary N) is 6. The second kappa shape index (κ2) is 15.8. The molecule has 6 N–H and O–H groups in total. The maximum Gasteiger partial charge on any atom is 0.407 e. The number of H-pyrrole nitrogens is 2. The number of anilines is 4. The number of hydrogen-bond acceptors (Lipinski definition) is 12. The van der Waals surface area contributed by atoms with Crippen molar-refractivity contribution in [3.8, 4) is 16.9 Å². The molecule has 6 atom stereocenters. The summed E-state index contributed by atoms with van der Waals surface area (Å²) in [6, 6.07) is 5.05. The molecule has 0 aliphatic heterocycles. The van der Waals surface area contributed by atoms with Crippen molar-refractivity contribution in [1.82, 2.24) is 64.4 Å². The molecule has 0 radical (unpaired) electrons. The molecule has 8 saturated carbocycles. The van der Waals surface area contributed by atoms with Crippen LogP contribution in [0.5, 0.6) is 0 Å². The summed E-state index contributed by atoms with van der Waals surface area (Å²) in [7, 11) is 1.78. The topological polar surface area (TPSA) is 227 Å². The van der Waals surface area contributed by atoms with Crippen molar-refractivity contribution < 1.29 is 45.7 Å². The van der Waals surface area contributed by atoms with Crippen LogP contribution in [0, 0.1) is 11.8 Å². The highest BCUT2D eigenvalue weighted by molar-refractivity contribution is 5.70. The summed E-state index contributed by atoms with van der Waals surface area (Å²) in [5.74, 6) is 0.610. The molecule has 370 valence electrons. The molecule has 0 saturated heterocycles. The Morgan fingerprint density at radius 1 is 0.817 bits per heavy atom. The van der Waals surface area contributed by atoms with Gasteiger partial charge in [0, 0.05) is 78.1 Å². The Balaban J connectivity index is 0.824. The first-order valence-electron chi connectivity index (χ1n) is 23.9. The monoisotopic (exact) mass is 983 g/mol. The Labute approximate surface area is 399 Å². The smallest absolute Gasteiger partial charge is 0.407 e. The molecule has 8 aliphatic rings. The molecule has 2 amide bonds. The lowest BCUT2D eigenvalue weighted by atomic mass is 9.50. The number of halogens is 5. The Hall–Kier alpha value is -7.34. The van der Waals surface area contributed by atoms with E-state index in [-0.39, 0.29) is 58.1 Å². The van der Waals surface area contributed by atoms with Crippen LogP contribution in [-0.2, 0) is 22.9 Å². The van der Waals surface area contributed by atoms with E-state index < -0.39 is 61.2 Å². The van der Waals surface area contributed by atoms with Crippen molar-refractivity contribution in [2.75, 3.05) is 10.6 Å². The predicted octanol–water partition coefficient (Wildman–Crippen LogP) is 6.82. The molecule has 71 heavy (non-hydrogen) atoms. The number of nitrogens with zero attached hydrogens (tertiary/aromatic N) is 10. The zero-order chi connectivity index (χ0) is 48.6. The van der Waals surface area contributed by atoms with Crippen LogP contribution in [0.25, 0.3) is 28.2 Å². The van der Waals surface area contributed by atoms with E-state index in [4.69, 9.17) is 14.5 Å². The van der Waals surface area contributed by atoms with Gasteiger partial charge in [-0.1, -0.05) is 0 Å². The average molecular weight is 984 g/mol. The highest BCUT2D eigenvalue weighted by Gasteiger charge is 2.59. The normalized spacial score (nSPS) is 29.3. The number of alkyl carbamates (subject to hydrolysis) is 2. The lowest BCUT2D eigenvalue weighted by Gasteiger charge is -2.61. The van der Waals surface area contributed by atoms with Crippen LogP contribution in [0.1, 0.15) is 93.1 Å². The van der Waals surface area contributed by atoms with Gasteiger partial charge in [-0.2, -0.15) is 28.4 Å². The summed E-state index contributed by atoms with van der Waals surface area (Å²) in [6.45, 7) is 0. The van der Waals surface area contributed by atoms with Crippen molar-refractivity contribution in [3.05, 3.63) is 72.5 Å². The Bertz CT molecular complexity index is 3220. The van der Waals surface area contributed by atoms with Gasteiger partial charge in [0.15, 0.2) is 11.5 Å². The van der Waals surface area contributed by atoms with Crippen LogP contribution >= 0.6 is 0 Å². The van der Waals surface area contributed by atoms with Crippen LogP contribution in [0.2, 0.25) is 0 Å². The number of aromatic nitrogens is 12. The molecule has 20 nitrogen and oxygen atoms in total. The molecule has 0 unspecified atom stereocenters. The van der Waals surface area contributed by atoms with Gasteiger partial charge in [0.1, 0.15) is 30.2 Å². The molecule has 7 heterocycles. The van der Waals surface area contributed by atoms with Crippen LogP contribution in [0.3, 0.4) is 0 Å². The van der Waals surface area contributed by atoms with Crippen LogP contribution in [0.4, 0.5) is 55.1 Å². The van der Waals surface area contributed by atoms with Gasteiger partial charge in [0.05, 0.1) is 42.0 Å². The van der Waals surface area contributed by atoms with E-state index in [1.807, 2.05) is 0 Å². The number of aromatic amines is 2. The zero-order valence-corrected chi connectivity index (χ0v) is 38.1. The highest BCUT2D eigenvalue weighted by atomic mass is 19.4. The standard InChI is InChI=1S/C46H47F5N16O4/c1-64-20-24(18-54-64)28-9-35-52-6-7-65(35)41(56-28)58-36-10-30(27-3-5-33(38(27)48)71-43(69)60-45-14-23(15-45)16-45)63-67(36)31-19-53-40(66-21-25(55-39(31)66)17-46(49,50)51)57-34-8-29(61-62-34)26-2-4-32(37(26)47)70-42(68)59-44-11-22(12-44)13-44/h6-10,18-23,26-27,32-33,37-38H,2-5,11-17H2,1H3,(H5,52,53,55,56,57,58,59,60,61,62,63,68,69)/p+1/t22?,23?,26-,27+,32-,33+,37-,38+,44?,45?/m1/s1. The first-order valence-corrected chi connectivity index (χ1v) is 23.9. The van der Waals surface area contributed by atoms with E-state index in [1.165, 1.54) is 21.5 Å². The van der Waals surface area contributed by atoms with Crippen LogP contribution in [0.15, 0.2) is 55.4 Å². The molecule has 0 spiro atoms. The van der Waals surface area contributed by atoms with E-state index in [1.54, 1.807) is 59.1 Å². The molecule has 15 rings (SSSR count). The number of fused-ring (bicyclic) bond motifs is 2. The van der Waals surface area contributed by atoms with Crippen molar-refractivity contribution in [3.63, 3.8) is 0 Å². The minimum atomic E-state index is -4.62. The van der Waals surface area contributed by atoms with Gasteiger partial charge in [-0.05, 0) is 76.0 Å². The maximum absolute atomic E-state index is 16.6. The average Bonchev–Trinajstić information content (AvgIpc) is 4.13. The molecule has 25 heteroatoms. The summed E-state index contributed by atoms with van der Waals surface area (Å²) < 4.78 is 91.9. The summed E-state index contributed by atoms with van der Waals surface area (Å²) in [4.78, 5) is 44.1. The molecule has 7 aromatic heterocycles. The Kier molecular flexibility index (Phi) is 9.74. The van der Waals surface area contributed by atoms with Crippen molar-refractivity contribution in [1.29, 1.82) is 0 Å². The first-order chi connectivity index (χ1) is 34.1. The second-order valence-corrected chi connectivity index (χ2v) is 20.5. The summed E-state index contributed by atoms with van der Waals surface area (Å²) in [6.07, 6.45) is 3.77. The number of hydrogen-bond donors (Lipinski definition) is 6. The molecular weight excluding hydrogens is 936 g/mol. The number of rotatable bonds is 13. The third kappa shape index (κ3) is 7.73. The SMILES string of the molecule is Cn1cc(-c2cc3nccn3c(Nc3cc([C@@H]4CC[C@H](OC(=O)NC56CC(C5)C6)[C@H]4F)[nH][n+]3-c3cnc(Nc4cc([C@H]5CC[C@@H](OC(=O)NC67CC(C6)C7)[C@@H]5F)[nH]n4)n4cc(CC(F)(F)F)nc34)n2)cn1. The number of ether oxygens (including phenoxy) is 2. The zero-order valence-electron chi connectivity index (χ0n) is 38.1.